The minimum Gasteiger partial charge on any atom is -0.497 e. The first-order valence-electron chi connectivity index (χ1n) is 8.43. The maximum absolute atomic E-state index is 13.2. The van der Waals surface area contributed by atoms with Crippen molar-refractivity contribution in [3.05, 3.63) is 60.2 Å². The summed E-state index contributed by atoms with van der Waals surface area (Å²) in [4.78, 5) is 0.233. The van der Waals surface area contributed by atoms with Gasteiger partial charge in [-0.1, -0.05) is 30.3 Å². The third kappa shape index (κ3) is 2.98. The number of nitriles is 1. The number of methoxy groups -OCH3 is 1. The SMILES string of the molecule is CCOC[C@]1(C#N)[C@@H](c2ccc(OC)cc2)[C@@H]1S(=O)(=O)c1ccccc1. The van der Waals surface area contributed by atoms with Crippen molar-refractivity contribution in [2.24, 2.45) is 5.41 Å². The van der Waals surface area contributed by atoms with E-state index < -0.39 is 26.4 Å². The molecule has 2 aromatic carbocycles. The fourth-order valence-corrected chi connectivity index (χ4v) is 5.84. The molecule has 0 saturated heterocycles. The Morgan fingerprint density at radius 1 is 1.12 bits per heavy atom. The molecule has 0 bridgehead atoms. The maximum Gasteiger partial charge on any atom is 0.183 e. The van der Waals surface area contributed by atoms with Crippen molar-refractivity contribution in [1.29, 1.82) is 5.26 Å². The number of hydrogen-bond donors (Lipinski definition) is 0. The minimum absolute atomic E-state index is 0.0907. The highest BCUT2D eigenvalue weighted by atomic mass is 32.2. The summed E-state index contributed by atoms with van der Waals surface area (Å²) < 4.78 is 37.1. The summed E-state index contributed by atoms with van der Waals surface area (Å²) in [7, 11) is -2.09. The lowest BCUT2D eigenvalue weighted by Gasteiger charge is -2.09. The van der Waals surface area contributed by atoms with E-state index in [1.54, 1.807) is 49.6 Å². The molecule has 0 N–H and O–H groups in total. The predicted octanol–water partition coefficient (Wildman–Crippen LogP) is 3.18. The molecule has 0 spiro atoms. The Morgan fingerprint density at radius 3 is 2.31 bits per heavy atom. The molecule has 1 fully saturated rings. The molecule has 26 heavy (non-hydrogen) atoms. The first kappa shape index (κ1) is 18.4. The van der Waals surface area contributed by atoms with Gasteiger partial charge in [0.25, 0.3) is 0 Å². The molecule has 2 aromatic rings. The number of rotatable bonds is 7. The van der Waals surface area contributed by atoms with Crippen LogP contribution in [-0.2, 0) is 14.6 Å². The van der Waals surface area contributed by atoms with E-state index in [9.17, 15) is 13.7 Å². The largest absolute Gasteiger partial charge is 0.497 e. The van der Waals surface area contributed by atoms with Gasteiger partial charge in [-0.3, -0.25) is 0 Å². The van der Waals surface area contributed by atoms with E-state index in [0.717, 1.165) is 5.56 Å². The first-order valence-corrected chi connectivity index (χ1v) is 9.97. The van der Waals surface area contributed by atoms with Gasteiger partial charge < -0.3 is 9.47 Å². The van der Waals surface area contributed by atoms with E-state index in [4.69, 9.17) is 9.47 Å². The number of hydrogen-bond acceptors (Lipinski definition) is 5. The number of nitrogens with zero attached hydrogens (tertiary/aromatic N) is 1. The van der Waals surface area contributed by atoms with Crippen LogP contribution in [0.1, 0.15) is 18.4 Å². The van der Waals surface area contributed by atoms with Gasteiger partial charge in [-0.15, -0.1) is 0 Å². The van der Waals surface area contributed by atoms with Gasteiger partial charge in [-0.25, -0.2) is 8.42 Å². The lowest BCUT2D eigenvalue weighted by atomic mass is 10.0. The number of ether oxygens (including phenoxy) is 2. The lowest BCUT2D eigenvalue weighted by Crippen LogP contribution is -2.19. The highest BCUT2D eigenvalue weighted by Gasteiger charge is 2.72. The molecule has 1 saturated carbocycles. The van der Waals surface area contributed by atoms with E-state index in [1.165, 1.54) is 0 Å². The average molecular weight is 371 g/mol. The quantitative estimate of drug-likeness (QED) is 0.747. The summed E-state index contributed by atoms with van der Waals surface area (Å²) >= 11 is 0. The third-order valence-electron chi connectivity index (χ3n) is 4.89. The average Bonchev–Trinajstić information content (AvgIpc) is 3.37. The smallest absolute Gasteiger partial charge is 0.183 e. The Bertz CT molecular complexity index is 903. The van der Waals surface area contributed by atoms with Gasteiger partial charge in [0.05, 0.1) is 29.9 Å². The summed E-state index contributed by atoms with van der Waals surface area (Å²) in [5.74, 6) is 0.249. The van der Waals surface area contributed by atoms with E-state index in [-0.39, 0.29) is 11.5 Å². The van der Waals surface area contributed by atoms with Crippen LogP contribution < -0.4 is 4.74 Å². The summed E-state index contributed by atoms with van der Waals surface area (Å²) in [5.41, 5.74) is -0.282. The first-order chi connectivity index (χ1) is 12.5. The highest BCUT2D eigenvalue weighted by Crippen LogP contribution is 2.64. The monoisotopic (exact) mass is 371 g/mol. The van der Waals surface area contributed by atoms with Gasteiger partial charge in [-0.2, -0.15) is 5.26 Å². The molecular weight excluding hydrogens is 350 g/mol. The van der Waals surface area contributed by atoms with Crippen molar-refractivity contribution in [3.63, 3.8) is 0 Å². The molecular formula is C20H21NO4S. The maximum atomic E-state index is 13.2. The van der Waals surface area contributed by atoms with E-state index >= 15 is 0 Å². The zero-order chi connectivity index (χ0) is 18.8. The van der Waals surface area contributed by atoms with Gasteiger partial charge in [0.1, 0.15) is 11.2 Å². The molecule has 136 valence electrons. The molecule has 1 aliphatic carbocycles. The second-order valence-electron chi connectivity index (χ2n) is 6.32. The van der Waals surface area contributed by atoms with Crippen molar-refractivity contribution in [2.45, 2.75) is 23.0 Å². The number of benzene rings is 2. The molecule has 3 rings (SSSR count). The van der Waals surface area contributed by atoms with Crippen molar-refractivity contribution in [1.82, 2.24) is 0 Å². The van der Waals surface area contributed by atoms with Crippen molar-refractivity contribution in [3.8, 4) is 11.8 Å². The Kier molecular flexibility index (Phi) is 5.03. The van der Waals surface area contributed by atoms with Crippen molar-refractivity contribution < 1.29 is 17.9 Å². The third-order valence-corrected chi connectivity index (χ3v) is 7.18. The summed E-state index contributed by atoms with van der Waals surface area (Å²) in [6, 6.07) is 17.7. The molecule has 6 heteroatoms. The fourth-order valence-electron chi connectivity index (χ4n) is 3.51. The van der Waals surface area contributed by atoms with Crippen LogP contribution in [0.3, 0.4) is 0 Å². The molecule has 0 aromatic heterocycles. The van der Waals surface area contributed by atoms with Gasteiger partial charge in [0.15, 0.2) is 9.84 Å². The van der Waals surface area contributed by atoms with Gasteiger partial charge in [-0.05, 0) is 36.8 Å². The summed E-state index contributed by atoms with van der Waals surface area (Å²) in [6.07, 6.45) is 0. The van der Waals surface area contributed by atoms with E-state index in [2.05, 4.69) is 6.07 Å². The second kappa shape index (κ2) is 7.10. The predicted molar refractivity (Wildman–Crippen MR) is 97.7 cm³/mol. The fraction of sp³-hybridized carbons (Fsp3) is 0.350. The van der Waals surface area contributed by atoms with Crippen LogP contribution in [0, 0.1) is 16.7 Å². The van der Waals surface area contributed by atoms with Crippen LogP contribution in [0.5, 0.6) is 5.75 Å². The Hall–Kier alpha value is -2.36. The molecule has 3 atom stereocenters. The normalized spacial score (nSPS) is 24.7. The molecule has 0 amide bonds. The summed E-state index contributed by atoms with van der Waals surface area (Å²) in [6.45, 7) is 2.35. The van der Waals surface area contributed by atoms with Crippen molar-refractivity contribution in [2.75, 3.05) is 20.3 Å². The van der Waals surface area contributed by atoms with E-state index in [0.29, 0.717) is 12.4 Å². The Morgan fingerprint density at radius 2 is 1.77 bits per heavy atom. The lowest BCUT2D eigenvalue weighted by molar-refractivity contribution is 0.117. The zero-order valence-corrected chi connectivity index (χ0v) is 15.6. The second-order valence-corrected chi connectivity index (χ2v) is 8.39. The van der Waals surface area contributed by atoms with Crippen LogP contribution in [0.15, 0.2) is 59.5 Å². The van der Waals surface area contributed by atoms with Gasteiger partial charge in [0.2, 0.25) is 0 Å². The van der Waals surface area contributed by atoms with Crippen LogP contribution in [0.25, 0.3) is 0 Å². The topological polar surface area (TPSA) is 76.4 Å². The molecule has 0 heterocycles. The Balaban J connectivity index is 2.04. The highest BCUT2D eigenvalue weighted by molar-refractivity contribution is 7.92. The van der Waals surface area contributed by atoms with Crippen molar-refractivity contribution >= 4 is 9.84 Å². The minimum atomic E-state index is -3.66. The van der Waals surface area contributed by atoms with Crippen LogP contribution in [-0.4, -0.2) is 34.0 Å². The van der Waals surface area contributed by atoms with Crippen LogP contribution >= 0.6 is 0 Å². The van der Waals surface area contributed by atoms with Crippen LogP contribution in [0.2, 0.25) is 0 Å². The number of sulfone groups is 1. The molecule has 1 aliphatic rings. The molecule has 5 nitrogen and oxygen atoms in total. The molecule has 0 unspecified atom stereocenters. The Labute approximate surface area is 154 Å². The molecule has 0 radical (unpaired) electrons. The van der Waals surface area contributed by atoms with Crippen LogP contribution in [0.4, 0.5) is 0 Å². The van der Waals surface area contributed by atoms with Gasteiger partial charge in [0, 0.05) is 12.5 Å². The standard InChI is InChI=1S/C20H21NO4S/c1-3-25-14-20(13-21)18(15-9-11-16(24-2)12-10-15)19(20)26(22,23)17-7-5-4-6-8-17/h4-12,18-19H,3,14H2,1-2H3/t18-,19-,20+/m0/s1. The zero-order valence-electron chi connectivity index (χ0n) is 14.8. The summed E-state index contributed by atoms with van der Waals surface area (Å²) in [5, 5.41) is 9.05. The van der Waals surface area contributed by atoms with Gasteiger partial charge >= 0.3 is 0 Å². The van der Waals surface area contributed by atoms with E-state index in [1.807, 2.05) is 19.1 Å². The molecule has 0 aliphatic heterocycles.